The molecule has 0 saturated heterocycles. The van der Waals surface area contributed by atoms with Gasteiger partial charge in [-0.2, -0.15) is 5.11 Å². The number of para-hydroxylation sites is 1. The Morgan fingerprint density at radius 1 is 1.00 bits per heavy atom. The highest BCUT2D eigenvalue weighted by Gasteiger charge is 2.03. The maximum absolute atomic E-state index is 11.0. The van der Waals surface area contributed by atoms with Gasteiger partial charge in [0.25, 0.3) is 5.24 Å². The average molecular weight is 288 g/mol. The fraction of sp³-hybridized carbons (Fsp3) is 0.133. The zero-order valence-corrected chi connectivity index (χ0v) is 12.0. The second-order valence-electron chi connectivity index (χ2n) is 4.40. The van der Waals surface area contributed by atoms with Crippen molar-refractivity contribution < 1.29 is 4.79 Å². The second kappa shape index (κ2) is 6.30. The molecule has 4 nitrogen and oxygen atoms in total. The third-order valence-electron chi connectivity index (χ3n) is 2.73. The largest absolute Gasteiger partial charge is 0.376 e. The molecule has 0 aliphatic carbocycles. The highest BCUT2D eigenvalue weighted by atomic mass is 35.5. The summed E-state index contributed by atoms with van der Waals surface area (Å²) in [6, 6.07) is 14.4. The number of carbonyl (C=O) groups is 1. The molecule has 0 spiro atoms. The first kappa shape index (κ1) is 14.2. The summed E-state index contributed by atoms with van der Waals surface area (Å²) in [4.78, 5) is 12.9. The number of nitrogens with zero attached hydrogens (tertiary/aromatic N) is 3. The fourth-order valence-corrected chi connectivity index (χ4v) is 1.82. The van der Waals surface area contributed by atoms with Crippen LogP contribution in [0.3, 0.4) is 0 Å². The maximum Gasteiger partial charge on any atom is 0.252 e. The number of hydrogen-bond donors (Lipinski definition) is 0. The van der Waals surface area contributed by atoms with Crippen molar-refractivity contribution in [1.29, 1.82) is 0 Å². The Morgan fingerprint density at radius 2 is 1.65 bits per heavy atom. The van der Waals surface area contributed by atoms with E-state index in [2.05, 4.69) is 10.2 Å². The minimum absolute atomic E-state index is 0.444. The van der Waals surface area contributed by atoms with Gasteiger partial charge in [0.2, 0.25) is 0 Å². The smallest absolute Gasteiger partial charge is 0.252 e. The fourth-order valence-electron chi connectivity index (χ4n) is 1.70. The van der Waals surface area contributed by atoms with Crippen LogP contribution in [0.15, 0.2) is 58.8 Å². The summed E-state index contributed by atoms with van der Waals surface area (Å²) >= 11 is 5.39. The van der Waals surface area contributed by atoms with E-state index in [9.17, 15) is 4.79 Å². The first-order chi connectivity index (χ1) is 9.58. The number of anilines is 1. The molecule has 0 fully saturated rings. The van der Waals surface area contributed by atoms with Crippen LogP contribution in [0.25, 0.3) is 0 Å². The van der Waals surface area contributed by atoms with Gasteiger partial charge < -0.3 is 4.90 Å². The molecule has 102 valence electrons. The van der Waals surface area contributed by atoms with Crippen molar-refractivity contribution in [3.63, 3.8) is 0 Å². The summed E-state index contributed by atoms with van der Waals surface area (Å²) in [5.74, 6) is 0. The Bertz CT molecular complexity index is 636. The zero-order valence-electron chi connectivity index (χ0n) is 11.2. The average Bonchev–Trinajstić information content (AvgIpc) is 2.45. The third kappa shape index (κ3) is 3.42. The van der Waals surface area contributed by atoms with Crippen molar-refractivity contribution in [3.05, 3.63) is 54.1 Å². The van der Waals surface area contributed by atoms with E-state index in [-0.39, 0.29) is 0 Å². The van der Waals surface area contributed by atoms with E-state index in [0.717, 1.165) is 11.4 Å². The minimum Gasteiger partial charge on any atom is -0.376 e. The zero-order chi connectivity index (χ0) is 14.5. The molecule has 0 saturated carbocycles. The van der Waals surface area contributed by atoms with Crippen molar-refractivity contribution in [2.24, 2.45) is 10.2 Å². The molecule has 5 heteroatoms. The number of benzene rings is 2. The Balaban J connectivity index is 2.23. The summed E-state index contributed by atoms with van der Waals surface area (Å²) in [6.45, 7) is 0. The Morgan fingerprint density at radius 3 is 2.25 bits per heavy atom. The lowest BCUT2D eigenvalue weighted by atomic mass is 10.2. The number of hydrogen-bond acceptors (Lipinski definition) is 4. The maximum atomic E-state index is 11.0. The molecule has 0 bridgehead atoms. The van der Waals surface area contributed by atoms with Crippen LogP contribution in [-0.2, 0) is 0 Å². The second-order valence-corrected chi connectivity index (χ2v) is 4.75. The van der Waals surface area contributed by atoms with Crippen LogP contribution in [0, 0.1) is 0 Å². The third-order valence-corrected chi connectivity index (χ3v) is 2.95. The van der Waals surface area contributed by atoms with Gasteiger partial charge in [0, 0.05) is 19.7 Å². The van der Waals surface area contributed by atoms with E-state index >= 15 is 0 Å². The molecule has 20 heavy (non-hydrogen) atoms. The topological polar surface area (TPSA) is 45.0 Å². The quantitative estimate of drug-likeness (QED) is 0.612. The van der Waals surface area contributed by atoms with E-state index in [0.29, 0.717) is 11.3 Å². The van der Waals surface area contributed by atoms with Gasteiger partial charge in [-0.25, -0.2) is 0 Å². The van der Waals surface area contributed by atoms with E-state index in [1.807, 2.05) is 43.3 Å². The Labute approximate surface area is 122 Å². The first-order valence-electron chi connectivity index (χ1n) is 6.06. The molecule has 0 atom stereocenters. The summed E-state index contributed by atoms with van der Waals surface area (Å²) in [7, 11) is 3.91. The molecule has 2 aromatic rings. The van der Waals surface area contributed by atoms with Crippen molar-refractivity contribution in [2.75, 3.05) is 19.0 Å². The monoisotopic (exact) mass is 287 g/mol. The molecule has 0 radical (unpaired) electrons. The van der Waals surface area contributed by atoms with Gasteiger partial charge >= 0.3 is 0 Å². The predicted octanol–water partition coefficient (Wildman–Crippen LogP) is 4.55. The van der Waals surface area contributed by atoms with Crippen LogP contribution in [0.2, 0.25) is 0 Å². The van der Waals surface area contributed by atoms with Crippen LogP contribution in [0.1, 0.15) is 10.4 Å². The van der Waals surface area contributed by atoms with Crippen LogP contribution in [-0.4, -0.2) is 19.3 Å². The van der Waals surface area contributed by atoms with E-state index < -0.39 is 5.24 Å². The molecule has 2 aromatic carbocycles. The van der Waals surface area contributed by atoms with E-state index in [4.69, 9.17) is 11.6 Å². The molecule has 0 aliphatic rings. The first-order valence-corrected chi connectivity index (χ1v) is 6.44. The van der Waals surface area contributed by atoms with Gasteiger partial charge in [-0.15, -0.1) is 5.11 Å². The molecule has 0 heterocycles. The lowest BCUT2D eigenvalue weighted by Crippen LogP contribution is -2.08. The van der Waals surface area contributed by atoms with Gasteiger partial charge in [0.05, 0.1) is 11.4 Å². The van der Waals surface area contributed by atoms with Gasteiger partial charge in [-0.1, -0.05) is 12.1 Å². The summed E-state index contributed by atoms with van der Waals surface area (Å²) in [5.41, 5.74) is 2.89. The molecular formula is C15H14ClN3O. The number of azo groups is 1. The lowest BCUT2D eigenvalue weighted by molar-refractivity contribution is 0.108. The van der Waals surface area contributed by atoms with E-state index in [1.165, 1.54) is 0 Å². The standard InChI is InChI=1S/C15H14ClN3O/c1-19(2)14-6-4-3-5-13(14)18-17-12-9-7-11(8-10-12)15(16)20/h3-10H,1-2H3. The summed E-state index contributed by atoms with van der Waals surface area (Å²) in [5, 5.41) is 7.92. The summed E-state index contributed by atoms with van der Waals surface area (Å²) < 4.78 is 0. The van der Waals surface area contributed by atoms with Gasteiger partial charge in [0.15, 0.2) is 0 Å². The highest BCUT2D eigenvalue weighted by Crippen LogP contribution is 2.28. The van der Waals surface area contributed by atoms with Crippen LogP contribution < -0.4 is 4.90 Å². The molecule has 0 unspecified atom stereocenters. The molecule has 2 rings (SSSR count). The Hall–Kier alpha value is -2.20. The molecule has 0 aromatic heterocycles. The van der Waals surface area contributed by atoms with Gasteiger partial charge in [-0.3, -0.25) is 4.79 Å². The lowest BCUT2D eigenvalue weighted by Gasteiger charge is -2.13. The normalized spacial score (nSPS) is 10.8. The molecular weight excluding hydrogens is 274 g/mol. The van der Waals surface area contributed by atoms with Gasteiger partial charge in [0.1, 0.15) is 5.69 Å². The van der Waals surface area contributed by atoms with Crippen molar-refractivity contribution in [1.82, 2.24) is 0 Å². The molecule has 0 amide bonds. The molecule has 0 aliphatic heterocycles. The summed E-state index contributed by atoms with van der Waals surface area (Å²) in [6.07, 6.45) is 0. The number of rotatable bonds is 4. The highest BCUT2D eigenvalue weighted by molar-refractivity contribution is 6.67. The molecule has 0 N–H and O–H groups in total. The van der Waals surface area contributed by atoms with Crippen molar-refractivity contribution >= 4 is 33.9 Å². The van der Waals surface area contributed by atoms with Crippen molar-refractivity contribution in [3.8, 4) is 0 Å². The van der Waals surface area contributed by atoms with Crippen LogP contribution in [0.5, 0.6) is 0 Å². The van der Waals surface area contributed by atoms with Crippen LogP contribution >= 0.6 is 11.6 Å². The minimum atomic E-state index is -0.480. The predicted molar refractivity (Wildman–Crippen MR) is 81.6 cm³/mol. The Kier molecular flexibility index (Phi) is 4.48. The number of halogens is 1. The van der Waals surface area contributed by atoms with E-state index in [1.54, 1.807) is 24.3 Å². The van der Waals surface area contributed by atoms with Crippen molar-refractivity contribution in [2.45, 2.75) is 0 Å². The van der Waals surface area contributed by atoms with Gasteiger partial charge in [-0.05, 0) is 48.0 Å². The van der Waals surface area contributed by atoms with Crippen LogP contribution in [0.4, 0.5) is 17.1 Å². The SMILES string of the molecule is CN(C)c1ccccc1N=Nc1ccc(C(=O)Cl)cc1. The number of carbonyl (C=O) groups excluding carboxylic acids is 1.